The molecule has 2 heteroatoms. The number of aryl methyl sites for hydroxylation is 2. The lowest BCUT2D eigenvalue weighted by molar-refractivity contribution is 0.0957. The SMILES string of the molecule is C=C(C)CNC(=O)c1ccc(C)c(C)c1. The van der Waals surface area contributed by atoms with Gasteiger partial charge in [0.15, 0.2) is 0 Å². The highest BCUT2D eigenvalue weighted by atomic mass is 16.1. The molecule has 0 radical (unpaired) electrons. The van der Waals surface area contributed by atoms with Gasteiger partial charge in [0.05, 0.1) is 0 Å². The smallest absolute Gasteiger partial charge is 0.251 e. The van der Waals surface area contributed by atoms with Crippen LogP contribution in [0.3, 0.4) is 0 Å². The Morgan fingerprint density at radius 3 is 2.53 bits per heavy atom. The van der Waals surface area contributed by atoms with E-state index in [-0.39, 0.29) is 5.91 Å². The third kappa shape index (κ3) is 3.24. The topological polar surface area (TPSA) is 29.1 Å². The van der Waals surface area contributed by atoms with Crippen molar-refractivity contribution in [1.29, 1.82) is 0 Å². The molecular weight excluding hydrogens is 186 g/mol. The maximum absolute atomic E-state index is 11.7. The van der Waals surface area contributed by atoms with Gasteiger partial charge in [0.2, 0.25) is 0 Å². The Kier molecular flexibility index (Phi) is 3.67. The van der Waals surface area contributed by atoms with Gasteiger partial charge in [-0.2, -0.15) is 0 Å². The molecule has 0 aliphatic rings. The number of hydrogen-bond acceptors (Lipinski definition) is 1. The summed E-state index contributed by atoms with van der Waals surface area (Å²) in [5.74, 6) is -0.0406. The lowest BCUT2D eigenvalue weighted by atomic mass is 10.1. The largest absolute Gasteiger partial charge is 0.348 e. The van der Waals surface area contributed by atoms with Gasteiger partial charge in [-0.15, -0.1) is 0 Å². The summed E-state index contributed by atoms with van der Waals surface area (Å²) >= 11 is 0. The van der Waals surface area contributed by atoms with Gasteiger partial charge in [-0.05, 0) is 44.0 Å². The normalized spacial score (nSPS) is 9.80. The van der Waals surface area contributed by atoms with Crippen molar-refractivity contribution in [2.75, 3.05) is 6.54 Å². The van der Waals surface area contributed by atoms with Crippen molar-refractivity contribution in [3.63, 3.8) is 0 Å². The summed E-state index contributed by atoms with van der Waals surface area (Å²) < 4.78 is 0. The first-order valence-corrected chi connectivity index (χ1v) is 5.00. The average Bonchev–Trinajstić information content (AvgIpc) is 2.18. The Hall–Kier alpha value is -1.57. The van der Waals surface area contributed by atoms with Gasteiger partial charge in [-0.3, -0.25) is 4.79 Å². The molecular formula is C13H17NO. The molecule has 2 nitrogen and oxygen atoms in total. The number of amides is 1. The average molecular weight is 203 g/mol. The van der Waals surface area contributed by atoms with Crippen molar-refractivity contribution >= 4 is 5.91 Å². The molecule has 0 aromatic heterocycles. The lowest BCUT2D eigenvalue weighted by Crippen LogP contribution is -2.24. The number of carbonyl (C=O) groups is 1. The van der Waals surface area contributed by atoms with E-state index >= 15 is 0 Å². The first-order chi connectivity index (χ1) is 7.00. The fraction of sp³-hybridized carbons (Fsp3) is 0.308. The zero-order valence-corrected chi connectivity index (χ0v) is 9.55. The van der Waals surface area contributed by atoms with Crippen LogP contribution < -0.4 is 5.32 Å². The van der Waals surface area contributed by atoms with Crippen LogP contribution in [0.2, 0.25) is 0 Å². The van der Waals surface area contributed by atoms with Gasteiger partial charge in [-0.25, -0.2) is 0 Å². The van der Waals surface area contributed by atoms with Gasteiger partial charge in [0.25, 0.3) is 5.91 Å². The molecule has 80 valence electrons. The molecule has 0 bridgehead atoms. The Morgan fingerprint density at radius 2 is 2.00 bits per heavy atom. The Balaban J connectivity index is 2.74. The summed E-state index contributed by atoms with van der Waals surface area (Å²) in [6.45, 7) is 10.2. The third-order valence-corrected chi connectivity index (χ3v) is 2.32. The highest BCUT2D eigenvalue weighted by Gasteiger charge is 2.05. The molecule has 0 heterocycles. The highest BCUT2D eigenvalue weighted by molar-refractivity contribution is 5.94. The van der Waals surface area contributed by atoms with Crippen LogP contribution in [0, 0.1) is 13.8 Å². The van der Waals surface area contributed by atoms with E-state index in [2.05, 4.69) is 11.9 Å². The number of carbonyl (C=O) groups excluding carboxylic acids is 1. The minimum absolute atomic E-state index is 0.0406. The van der Waals surface area contributed by atoms with E-state index in [0.717, 1.165) is 11.1 Å². The monoisotopic (exact) mass is 203 g/mol. The second kappa shape index (κ2) is 4.78. The second-order valence-corrected chi connectivity index (χ2v) is 3.94. The summed E-state index contributed by atoms with van der Waals surface area (Å²) in [5.41, 5.74) is 4.00. The van der Waals surface area contributed by atoms with Crippen molar-refractivity contribution in [2.24, 2.45) is 0 Å². The summed E-state index contributed by atoms with van der Waals surface area (Å²) in [7, 11) is 0. The molecule has 15 heavy (non-hydrogen) atoms. The van der Waals surface area contributed by atoms with Crippen LogP contribution in [0.4, 0.5) is 0 Å². The first-order valence-electron chi connectivity index (χ1n) is 5.00. The highest BCUT2D eigenvalue weighted by Crippen LogP contribution is 2.09. The predicted octanol–water partition coefficient (Wildman–Crippen LogP) is 2.61. The van der Waals surface area contributed by atoms with Crippen LogP contribution in [-0.4, -0.2) is 12.5 Å². The van der Waals surface area contributed by atoms with Crippen molar-refractivity contribution in [1.82, 2.24) is 5.32 Å². The molecule has 0 aliphatic heterocycles. The number of hydrogen-bond donors (Lipinski definition) is 1. The van der Waals surface area contributed by atoms with Crippen LogP contribution in [-0.2, 0) is 0 Å². The Bertz CT molecular complexity index is 394. The third-order valence-electron chi connectivity index (χ3n) is 2.32. The Labute approximate surface area is 91.0 Å². The number of nitrogens with one attached hydrogen (secondary N) is 1. The van der Waals surface area contributed by atoms with Gasteiger partial charge in [0, 0.05) is 12.1 Å². The van der Waals surface area contributed by atoms with E-state index in [9.17, 15) is 4.79 Å². The van der Waals surface area contributed by atoms with E-state index in [1.807, 2.05) is 39.0 Å². The van der Waals surface area contributed by atoms with Crippen molar-refractivity contribution < 1.29 is 4.79 Å². The van der Waals surface area contributed by atoms with Crippen LogP contribution in [0.5, 0.6) is 0 Å². The van der Waals surface area contributed by atoms with Crippen LogP contribution in [0.15, 0.2) is 30.4 Å². The second-order valence-electron chi connectivity index (χ2n) is 3.94. The van der Waals surface area contributed by atoms with Crippen LogP contribution in [0.1, 0.15) is 28.4 Å². The molecule has 0 saturated heterocycles. The van der Waals surface area contributed by atoms with Crippen LogP contribution >= 0.6 is 0 Å². The van der Waals surface area contributed by atoms with E-state index in [0.29, 0.717) is 12.1 Å². The summed E-state index contributed by atoms with van der Waals surface area (Å²) in [6, 6.07) is 5.71. The van der Waals surface area contributed by atoms with E-state index < -0.39 is 0 Å². The molecule has 0 unspecified atom stereocenters. The predicted molar refractivity (Wildman–Crippen MR) is 63.1 cm³/mol. The van der Waals surface area contributed by atoms with Crippen molar-refractivity contribution in [3.8, 4) is 0 Å². The summed E-state index contributed by atoms with van der Waals surface area (Å²) in [6.07, 6.45) is 0. The fourth-order valence-electron chi connectivity index (χ4n) is 1.22. The number of rotatable bonds is 3. The molecule has 0 aliphatic carbocycles. The quantitative estimate of drug-likeness (QED) is 0.752. The number of benzene rings is 1. The van der Waals surface area contributed by atoms with E-state index in [4.69, 9.17) is 0 Å². The van der Waals surface area contributed by atoms with Gasteiger partial charge in [0.1, 0.15) is 0 Å². The molecule has 0 fully saturated rings. The molecule has 1 N–H and O–H groups in total. The first kappa shape index (κ1) is 11.5. The molecule has 1 rings (SSSR count). The molecule has 1 amide bonds. The molecule has 1 aromatic carbocycles. The zero-order valence-electron chi connectivity index (χ0n) is 9.55. The van der Waals surface area contributed by atoms with Gasteiger partial charge in [-0.1, -0.05) is 18.2 Å². The van der Waals surface area contributed by atoms with Gasteiger partial charge < -0.3 is 5.32 Å². The van der Waals surface area contributed by atoms with E-state index in [1.54, 1.807) is 0 Å². The lowest BCUT2D eigenvalue weighted by Gasteiger charge is -2.06. The van der Waals surface area contributed by atoms with Crippen LogP contribution in [0.25, 0.3) is 0 Å². The maximum Gasteiger partial charge on any atom is 0.251 e. The standard InChI is InChI=1S/C13H17NO/c1-9(2)8-14-13(15)12-6-5-10(3)11(4)7-12/h5-7H,1,8H2,2-4H3,(H,14,15). The minimum Gasteiger partial charge on any atom is -0.348 e. The zero-order chi connectivity index (χ0) is 11.4. The summed E-state index contributed by atoms with van der Waals surface area (Å²) in [4.78, 5) is 11.7. The van der Waals surface area contributed by atoms with Gasteiger partial charge >= 0.3 is 0 Å². The molecule has 1 aromatic rings. The molecule has 0 spiro atoms. The maximum atomic E-state index is 11.7. The van der Waals surface area contributed by atoms with Crippen molar-refractivity contribution in [2.45, 2.75) is 20.8 Å². The molecule has 0 atom stereocenters. The molecule has 0 saturated carbocycles. The Morgan fingerprint density at radius 1 is 1.33 bits per heavy atom. The van der Waals surface area contributed by atoms with Crippen molar-refractivity contribution in [3.05, 3.63) is 47.0 Å². The summed E-state index contributed by atoms with van der Waals surface area (Å²) in [5, 5.41) is 2.81. The van der Waals surface area contributed by atoms with E-state index in [1.165, 1.54) is 5.56 Å². The minimum atomic E-state index is -0.0406. The fourth-order valence-corrected chi connectivity index (χ4v) is 1.22.